The summed E-state index contributed by atoms with van der Waals surface area (Å²) in [5.74, 6) is 0. The average Bonchev–Trinajstić information content (AvgIpc) is 1.54. The van der Waals surface area contributed by atoms with Gasteiger partial charge in [0.1, 0.15) is 0 Å². The Morgan fingerprint density at radius 3 is 0.909 bits per heavy atom. The van der Waals surface area contributed by atoms with Crippen LogP contribution in [0.15, 0.2) is 261 Å². The molecule has 2 aliphatic rings. The normalized spacial score (nSPS) is 12.4. The third-order valence-electron chi connectivity index (χ3n) is 23.4. The summed E-state index contributed by atoms with van der Waals surface area (Å²) in [6.45, 7) is 18.9. The highest BCUT2D eigenvalue weighted by molar-refractivity contribution is 6.42. The van der Waals surface area contributed by atoms with Crippen molar-refractivity contribution in [1.29, 1.82) is 0 Å². The van der Waals surface area contributed by atoms with Crippen LogP contribution >= 0.6 is 0 Å². The van der Waals surface area contributed by atoms with Gasteiger partial charge in [0.05, 0.1) is 0 Å². The van der Waals surface area contributed by atoms with Gasteiger partial charge >= 0.3 is 0 Å². The number of fused-ring (bicyclic) bond motifs is 13. The summed E-state index contributed by atoms with van der Waals surface area (Å²) in [6, 6.07) is 97.6. The minimum atomic E-state index is 0.898. The van der Waals surface area contributed by atoms with E-state index in [4.69, 9.17) is 6.58 Å². The van der Waals surface area contributed by atoms with Gasteiger partial charge < -0.3 is 0 Å². The Morgan fingerprint density at radius 2 is 0.515 bits per heavy atom. The number of hydrogen-bond acceptors (Lipinski definition) is 0. The Morgan fingerprint density at radius 1 is 0.212 bits per heavy atom. The van der Waals surface area contributed by atoms with Gasteiger partial charge in [0, 0.05) is 0 Å². The zero-order chi connectivity index (χ0) is 66.2. The fourth-order valence-corrected chi connectivity index (χ4v) is 19.7. The van der Waals surface area contributed by atoms with Crippen LogP contribution < -0.4 is 0 Å². The predicted octanol–water partition coefficient (Wildman–Crippen LogP) is 28.1. The first-order chi connectivity index (χ1) is 48.8. The number of aryl methyl sites for hydroxylation is 4. The van der Waals surface area contributed by atoms with Crippen molar-refractivity contribution >= 4 is 103 Å². The molecule has 0 bridgehead atoms. The van der Waals surface area contributed by atoms with E-state index in [-0.39, 0.29) is 0 Å². The van der Waals surface area contributed by atoms with Crippen molar-refractivity contribution < 1.29 is 0 Å². The van der Waals surface area contributed by atoms with Gasteiger partial charge in [-0.25, -0.2) is 0 Å². The molecule has 2 aliphatic carbocycles. The van der Waals surface area contributed by atoms with Gasteiger partial charge in [-0.05, 0) is 298 Å². The van der Waals surface area contributed by atoms with E-state index in [2.05, 4.69) is 296 Å². The maximum Gasteiger partial charge on any atom is -0.00142 e. The monoisotopic (exact) mass is 1260 g/mol. The fraction of sp³-hybridized carbons (Fsp3) is 0.111. The van der Waals surface area contributed by atoms with Crippen LogP contribution in [-0.2, 0) is 32.1 Å². The lowest BCUT2D eigenvalue weighted by molar-refractivity contribution is 1.14. The molecule has 0 heteroatoms. The molecule has 0 spiro atoms. The molecule has 0 saturated carbocycles. The highest BCUT2D eigenvalue weighted by atomic mass is 14.4. The molecular weight excluding hydrogens is 1190 g/mol. The van der Waals surface area contributed by atoms with E-state index in [1.807, 2.05) is 0 Å². The largest absolute Gasteiger partial charge is 0.0955 e. The van der Waals surface area contributed by atoms with Crippen LogP contribution in [0.3, 0.4) is 0 Å². The van der Waals surface area contributed by atoms with Crippen molar-refractivity contribution in [3.05, 3.63) is 295 Å². The molecule has 20 rings (SSSR count). The van der Waals surface area contributed by atoms with Gasteiger partial charge in [0.2, 0.25) is 0 Å². The molecule has 18 aromatic carbocycles. The summed E-state index contributed by atoms with van der Waals surface area (Å²) in [5.41, 5.74) is 35.7. The van der Waals surface area contributed by atoms with Crippen molar-refractivity contribution in [3.63, 3.8) is 0 Å². The SMILES string of the molecule is C=C(C)c1c(-c2ccccc2)c(-c2ccccc2)c(CC)c2c1-c1ccc(-c3ccc4c5c(CC)c6c7ccc(-c8ccc9c%10c(cccc8%10)-c8c-9c(CC)c9cc(-c%10ccccc%10)c(-c%10ccccc%10)cc9c8CC)c8cccc(c6c(CC)c5c5cccc3c54)c87)c3cccc-2c13. The molecule has 0 N–H and O–H groups in total. The molecule has 468 valence electrons. The highest BCUT2D eigenvalue weighted by Gasteiger charge is 2.35. The Balaban J connectivity index is 0.766. The summed E-state index contributed by atoms with van der Waals surface area (Å²) >= 11 is 0. The van der Waals surface area contributed by atoms with Crippen LogP contribution in [0.2, 0.25) is 0 Å². The summed E-state index contributed by atoms with van der Waals surface area (Å²) in [4.78, 5) is 0. The molecular formula is C99H72. The molecule has 0 unspecified atom stereocenters. The summed E-state index contributed by atoms with van der Waals surface area (Å²) in [5, 5.41) is 24.7. The van der Waals surface area contributed by atoms with Crippen LogP contribution in [0.4, 0.5) is 0 Å². The average molecular weight is 1260 g/mol. The minimum Gasteiger partial charge on any atom is -0.0955 e. The van der Waals surface area contributed by atoms with E-state index in [1.165, 1.54) is 242 Å². The molecule has 18 aromatic rings. The van der Waals surface area contributed by atoms with Crippen molar-refractivity contribution in [2.45, 2.75) is 73.6 Å². The Kier molecular flexibility index (Phi) is 12.7. The molecule has 0 saturated heterocycles. The predicted molar refractivity (Wildman–Crippen MR) is 429 cm³/mol. The van der Waals surface area contributed by atoms with E-state index in [0.29, 0.717) is 0 Å². The first-order valence-electron chi connectivity index (χ1n) is 36.1. The van der Waals surface area contributed by atoms with Gasteiger partial charge in [-0.2, -0.15) is 0 Å². The van der Waals surface area contributed by atoms with Gasteiger partial charge in [0.15, 0.2) is 0 Å². The first kappa shape index (κ1) is 57.8. The molecule has 0 radical (unpaired) electrons. The maximum atomic E-state index is 4.78. The Labute approximate surface area is 578 Å². The quantitative estimate of drug-likeness (QED) is 0.114. The number of benzene rings is 16. The second-order valence-corrected chi connectivity index (χ2v) is 28.0. The van der Waals surface area contributed by atoms with Crippen LogP contribution in [0.25, 0.3) is 214 Å². The van der Waals surface area contributed by atoms with Crippen LogP contribution in [0, 0.1) is 0 Å². The third-order valence-corrected chi connectivity index (χ3v) is 23.4. The highest BCUT2D eigenvalue weighted by Crippen LogP contribution is 2.61. The summed E-state index contributed by atoms with van der Waals surface area (Å²) in [7, 11) is 0. The molecule has 0 aromatic heterocycles. The van der Waals surface area contributed by atoms with Crippen molar-refractivity contribution in [2.75, 3.05) is 0 Å². The molecule has 99 heavy (non-hydrogen) atoms. The molecule has 0 aliphatic heterocycles. The number of allylic oxidation sites excluding steroid dienone is 1. The minimum absolute atomic E-state index is 0.898. The van der Waals surface area contributed by atoms with E-state index >= 15 is 0 Å². The smallest absolute Gasteiger partial charge is 0.00142 e. The van der Waals surface area contributed by atoms with Crippen molar-refractivity contribution in [3.8, 4) is 111 Å². The van der Waals surface area contributed by atoms with Crippen molar-refractivity contribution in [2.24, 2.45) is 0 Å². The summed E-state index contributed by atoms with van der Waals surface area (Å²) < 4.78 is 0. The second kappa shape index (κ2) is 21.8. The lowest BCUT2D eigenvalue weighted by atomic mass is 9.78. The lowest BCUT2D eigenvalue weighted by Gasteiger charge is -2.25. The molecule has 0 atom stereocenters. The van der Waals surface area contributed by atoms with E-state index in [0.717, 1.165) is 37.7 Å². The molecule has 0 fully saturated rings. The lowest BCUT2D eigenvalue weighted by Crippen LogP contribution is -2.02. The van der Waals surface area contributed by atoms with E-state index < -0.39 is 0 Å². The third kappa shape index (κ3) is 7.75. The van der Waals surface area contributed by atoms with E-state index in [9.17, 15) is 0 Å². The van der Waals surface area contributed by atoms with Gasteiger partial charge in [-0.1, -0.05) is 284 Å². The molecule has 0 amide bonds. The fourth-order valence-electron chi connectivity index (χ4n) is 19.7. The maximum absolute atomic E-state index is 4.78. The zero-order valence-electron chi connectivity index (χ0n) is 57.0. The van der Waals surface area contributed by atoms with Gasteiger partial charge in [-0.15, -0.1) is 0 Å². The number of rotatable bonds is 12. The van der Waals surface area contributed by atoms with Gasteiger partial charge in [-0.3, -0.25) is 0 Å². The summed E-state index contributed by atoms with van der Waals surface area (Å²) in [6.07, 6.45) is 4.62. The standard InChI is InChI=1S/C99H72/c1-8-60-83-53-81(56-29-17-13-18-30-56)82(57-31-19-14-20-32-57)54-84(83)61(9-2)93-77-49-45-65(69-37-25-41-73(88(69)77)92(60)93)66-46-50-78-89-70(66)38-26-42-74(89)94-63(11-4)95-75-43-27-39-71-67(47-51-79(90(71)75)97(95)64(12-5)96(78)94)68-48-52-80-91-72(68)40-28-44-76(91)98-62(10-3)86(58-33-21-15-22-34-58)87(59-35-23-16-24-36-59)85(55(6)7)99(80)98/h13-54H,6,8-12H2,1-5,7H3. The van der Waals surface area contributed by atoms with Crippen molar-refractivity contribution in [1.82, 2.24) is 0 Å². The topological polar surface area (TPSA) is 0 Å². The Bertz CT molecular complexity index is 6360. The number of hydrogen-bond donors (Lipinski definition) is 0. The molecule has 0 nitrogen and oxygen atoms in total. The second-order valence-electron chi connectivity index (χ2n) is 28.0. The van der Waals surface area contributed by atoms with E-state index in [1.54, 1.807) is 0 Å². The van der Waals surface area contributed by atoms with Crippen LogP contribution in [0.5, 0.6) is 0 Å². The first-order valence-corrected chi connectivity index (χ1v) is 36.1. The van der Waals surface area contributed by atoms with Gasteiger partial charge in [0.25, 0.3) is 0 Å². The van der Waals surface area contributed by atoms with Crippen LogP contribution in [-0.4, -0.2) is 0 Å². The Hall–Kier alpha value is -11.4. The zero-order valence-corrected chi connectivity index (χ0v) is 57.0. The molecule has 0 heterocycles. The van der Waals surface area contributed by atoms with Crippen LogP contribution in [0.1, 0.15) is 74.9 Å².